The van der Waals surface area contributed by atoms with Gasteiger partial charge in [0.1, 0.15) is 0 Å². The van der Waals surface area contributed by atoms with E-state index in [1.165, 1.54) is 7.11 Å². The summed E-state index contributed by atoms with van der Waals surface area (Å²) in [6.07, 6.45) is 0. The number of nitrogens with one attached hydrogen (secondary N) is 1. The van der Waals surface area contributed by atoms with Crippen molar-refractivity contribution in [3.05, 3.63) is 38.3 Å². The number of ether oxygens (including phenoxy) is 1. The highest BCUT2D eigenvalue weighted by Gasteiger charge is 2.17. The molecule has 0 aliphatic carbocycles. The summed E-state index contributed by atoms with van der Waals surface area (Å²) < 4.78 is 4.60. The summed E-state index contributed by atoms with van der Waals surface area (Å²) in [5, 5.41) is 4.47. The summed E-state index contributed by atoms with van der Waals surface area (Å²) in [6, 6.07) is 4.98. The summed E-state index contributed by atoms with van der Waals surface area (Å²) in [5.41, 5.74) is 0.580. The Hall–Kier alpha value is -1.01. The number of aromatic nitrogens is 1. The molecule has 2 rings (SSSR count). The number of nitrogens with zero attached hydrogens (tertiary/aromatic N) is 1. The number of halogens is 3. The van der Waals surface area contributed by atoms with Crippen LogP contribution in [0.4, 0.5) is 10.8 Å². The molecular weight excluding hydrogens is 331 g/mol. The van der Waals surface area contributed by atoms with Crippen molar-refractivity contribution in [2.45, 2.75) is 0 Å². The van der Waals surface area contributed by atoms with Gasteiger partial charge in [0.05, 0.1) is 17.8 Å². The first-order chi connectivity index (χ1) is 9.01. The van der Waals surface area contributed by atoms with Crippen molar-refractivity contribution in [1.29, 1.82) is 0 Å². The standard InChI is InChI=1S/C11H7Cl3N2O2S/c1-18-10(17)8-9(14)16-11(19-8)15-7-4-5(12)2-3-6(7)13/h2-4H,1H3,(H,15,16). The summed E-state index contributed by atoms with van der Waals surface area (Å²) in [4.78, 5) is 15.7. The fourth-order valence-corrected chi connectivity index (χ4v) is 2.73. The quantitative estimate of drug-likeness (QED) is 0.829. The third-order valence-electron chi connectivity index (χ3n) is 2.13. The Morgan fingerprint density at radius 1 is 1.37 bits per heavy atom. The molecule has 4 nitrogen and oxygen atoms in total. The lowest BCUT2D eigenvalue weighted by Gasteiger charge is -2.05. The van der Waals surface area contributed by atoms with Gasteiger partial charge in [-0.1, -0.05) is 46.1 Å². The molecule has 0 amide bonds. The van der Waals surface area contributed by atoms with E-state index in [0.717, 1.165) is 11.3 Å². The number of carbonyl (C=O) groups is 1. The zero-order chi connectivity index (χ0) is 14.0. The fraction of sp³-hybridized carbons (Fsp3) is 0.0909. The molecule has 100 valence electrons. The van der Waals surface area contributed by atoms with E-state index >= 15 is 0 Å². The van der Waals surface area contributed by atoms with Crippen molar-refractivity contribution in [2.75, 3.05) is 12.4 Å². The third-order valence-corrected chi connectivity index (χ3v) is 4.03. The van der Waals surface area contributed by atoms with E-state index in [1.807, 2.05) is 0 Å². The number of thiazole rings is 1. The average molecular weight is 338 g/mol. The van der Waals surface area contributed by atoms with Crippen LogP contribution < -0.4 is 5.32 Å². The maximum absolute atomic E-state index is 11.4. The minimum absolute atomic E-state index is 0.0810. The van der Waals surface area contributed by atoms with E-state index in [9.17, 15) is 4.79 Å². The zero-order valence-corrected chi connectivity index (χ0v) is 12.6. The van der Waals surface area contributed by atoms with Gasteiger partial charge in [0.2, 0.25) is 0 Å². The molecule has 0 saturated carbocycles. The minimum atomic E-state index is -0.534. The van der Waals surface area contributed by atoms with Crippen LogP contribution in [0.2, 0.25) is 15.2 Å². The molecule has 0 fully saturated rings. The first-order valence-corrected chi connectivity index (χ1v) is 6.93. The predicted molar refractivity (Wildman–Crippen MR) is 78.2 cm³/mol. The van der Waals surface area contributed by atoms with Crippen LogP contribution in [0.5, 0.6) is 0 Å². The van der Waals surface area contributed by atoms with Gasteiger partial charge in [-0.15, -0.1) is 0 Å². The van der Waals surface area contributed by atoms with Crippen LogP contribution >= 0.6 is 46.1 Å². The highest BCUT2D eigenvalue weighted by Crippen LogP contribution is 2.33. The van der Waals surface area contributed by atoms with Crippen LogP contribution in [0, 0.1) is 0 Å². The molecule has 2 aromatic rings. The highest BCUT2D eigenvalue weighted by atomic mass is 35.5. The van der Waals surface area contributed by atoms with Crippen molar-refractivity contribution >= 4 is 62.9 Å². The normalized spacial score (nSPS) is 10.3. The van der Waals surface area contributed by atoms with Crippen LogP contribution in [0.15, 0.2) is 18.2 Å². The van der Waals surface area contributed by atoms with Crippen molar-refractivity contribution in [3.63, 3.8) is 0 Å². The first-order valence-electron chi connectivity index (χ1n) is 4.98. The van der Waals surface area contributed by atoms with E-state index in [1.54, 1.807) is 18.2 Å². The fourth-order valence-electron chi connectivity index (χ4n) is 1.28. The van der Waals surface area contributed by atoms with Crippen molar-refractivity contribution < 1.29 is 9.53 Å². The minimum Gasteiger partial charge on any atom is -0.465 e. The Labute approximate surface area is 128 Å². The zero-order valence-electron chi connectivity index (χ0n) is 9.54. The molecule has 0 radical (unpaired) electrons. The molecule has 0 aliphatic heterocycles. The van der Waals surface area contributed by atoms with Crippen LogP contribution in [-0.4, -0.2) is 18.1 Å². The molecule has 1 N–H and O–H groups in total. The van der Waals surface area contributed by atoms with Crippen LogP contribution in [0.25, 0.3) is 0 Å². The number of carbonyl (C=O) groups excluding carboxylic acids is 1. The molecule has 0 unspecified atom stereocenters. The van der Waals surface area contributed by atoms with Gasteiger partial charge >= 0.3 is 5.97 Å². The lowest BCUT2D eigenvalue weighted by atomic mass is 10.3. The molecule has 1 aromatic carbocycles. The van der Waals surface area contributed by atoms with Crippen molar-refractivity contribution in [3.8, 4) is 0 Å². The van der Waals surface area contributed by atoms with E-state index in [-0.39, 0.29) is 10.0 Å². The number of rotatable bonds is 3. The van der Waals surface area contributed by atoms with Crippen LogP contribution in [-0.2, 0) is 4.74 Å². The van der Waals surface area contributed by atoms with Gasteiger partial charge < -0.3 is 10.1 Å². The Morgan fingerprint density at radius 3 is 2.79 bits per heavy atom. The Kier molecular flexibility index (Phi) is 4.52. The SMILES string of the molecule is COC(=O)c1sc(Nc2cc(Cl)ccc2Cl)nc1Cl. The first kappa shape index (κ1) is 14.4. The van der Waals surface area contributed by atoms with Gasteiger partial charge in [-0.05, 0) is 18.2 Å². The lowest BCUT2D eigenvalue weighted by Crippen LogP contribution is -1.98. The molecule has 0 aliphatic rings. The van der Waals surface area contributed by atoms with Gasteiger partial charge in [-0.25, -0.2) is 9.78 Å². The summed E-state index contributed by atoms with van der Waals surface area (Å²) in [6.45, 7) is 0. The summed E-state index contributed by atoms with van der Waals surface area (Å²) in [5.74, 6) is -0.534. The molecule has 0 atom stereocenters. The van der Waals surface area contributed by atoms with Crippen molar-refractivity contribution in [2.24, 2.45) is 0 Å². The van der Waals surface area contributed by atoms with E-state index in [4.69, 9.17) is 34.8 Å². The topological polar surface area (TPSA) is 51.2 Å². The largest absolute Gasteiger partial charge is 0.465 e. The summed E-state index contributed by atoms with van der Waals surface area (Å²) >= 11 is 18.8. The molecule has 0 spiro atoms. The summed E-state index contributed by atoms with van der Waals surface area (Å²) in [7, 11) is 1.28. The second-order valence-corrected chi connectivity index (χ2v) is 5.58. The number of anilines is 2. The van der Waals surface area contributed by atoms with E-state index < -0.39 is 5.97 Å². The Bertz CT molecular complexity index is 630. The highest BCUT2D eigenvalue weighted by molar-refractivity contribution is 7.18. The second-order valence-electron chi connectivity index (χ2n) is 3.38. The predicted octanol–water partition coefficient (Wildman–Crippen LogP) is 4.63. The third kappa shape index (κ3) is 3.30. The number of hydrogen-bond acceptors (Lipinski definition) is 5. The molecule has 8 heteroatoms. The number of benzene rings is 1. The lowest BCUT2D eigenvalue weighted by molar-refractivity contribution is 0.0606. The maximum Gasteiger partial charge on any atom is 0.351 e. The Morgan fingerprint density at radius 2 is 2.11 bits per heavy atom. The van der Waals surface area contributed by atoms with Gasteiger partial charge in [-0.3, -0.25) is 0 Å². The van der Waals surface area contributed by atoms with Crippen LogP contribution in [0.3, 0.4) is 0 Å². The number of hydrogen-bond donors (Lipinski definition) is 1. The molecule has 19 heavy (non-hydrogen) atoms. The maximum atomic E-state index is 11.4. The van der Waals surface area contributed by atoms with Crippen molar-refractivity contribution in [1.82, 2.24) is 4.98 Å². The molecule has 1 heterocycles. The molecule has 0 bridgehead atoms. The molecule has 0 saturated heterocycles. The van der Waals surface area contributed by atoms with E-state index in [2.05, 4.69) is 15.0 Å². The monoisotopic (exact) mass is 336 g/mol. The molecule has 1 aromatic heterocycles. The van der Waals surface area contributed by atoms with Gasteiger partial charge in [-0.2, -0.15) is 0 Å². The van der Waals surface area contributed by atoms with E-state index in [0.29, 0.717) is 20.9 Å². The van der Waals surface area contributed by atoms with Gasteiger partial charge in [0.25, 0.3) is 0 Å². The second kappa shape index (κ2) is 5.96. The Balaban J connectivity index is 2.29. The number of esters is 1. The van der Waals surface area contributed by atoms with Gasteiger partial charge in [0.15, 0.2) is 15.2 Å². The molecular formula is C11H7Cl3N2O2S. The van der Waals surface area contributed by atoms with Gasteiger partial charge in [0, 0.05) is 5.02 Å². The van der Waals surface area contributed by atoms with Crippen LogP contribution in [0.1, 0.15) is 9.67 Å². The average Bonchev–Trinajstić information content (AvgIpc) is 2.74. The number of methoxy groups -OCH3 is 1. The smallest absolute Gasteiger partial charge is 0.351 e.